The first-order valence-corrected chi connectivity index (χ1v) is 5.26. The van der Waals surface area contributed by atoms with Crippen LogP contribution in [0.5, 0.6) is 0 Å². The molecule has 0 spiro atoms. The van der Waals surface area contributed by atoms with Crippen molar-refractivity contribution in [3.63, 3.8) is 0 Å². The van der Waals surface area contributed by atoms with Crippen molar-refractivity contribution in [3.8, 4) is 0 Å². The van der Waals surface area contributed by atoms with Gasteiger partial charge in [-0.1, -0.05) is 0 Å². The maximum Gasteiger partial charge on any atom is 0.352 e. The van der Waals surface area contributed by atoms with Gasteiger partial charge in [-0.3, -0.25) is 9.48 Å². The summed E-state index contributed by atoms with van der Waals surface area (Å²) in [4.78, 5) is 11.4. The zero-order valence-corrected chi connectivity index (χ0v) is 9.28. The van der Waals surface area contributed by atoms with E-state index in [0.717, 1.165) is 0 Å². The molecule has 1 aliphatic carbocycles. The van der Waals surface area contributed by atoms with Crippen LogP contribution in [0.4, 0.5) is 14.6 Å². The van der Waals surface area contributed by atoms with E-state index in [2.05, 4.69) is 5.10 Å². The summed E-state index contributed by atoms with van der Waals surface area (Å²) in [5.41, 5.74) is -2.20. The second kappa shape index (κ2) is 3.76. The maximum atomic E-state index is 13.6. The fourth-order valence-corrected chi connectivity index (χ4v) is 1.71. The molecule has 5 nitrogen and oxygen atoms in total. The molecule has 1 aromatic heterocycles. The number of aromatic nitrogens is 2. The number of aryl methyl sites for hydroxylation is 1. The van der Waals surface area contributed by atoms with Crippen LogP contribution in [0, 0.1) is 0 Å². The highest BCUT2D eigenvalue weighted by molar-refractivity contribution is 5.96. The average Bonchev–Trinajstić information content (AvgIpc) is 2.60. The minimum atomic E-state index is -3.79. The Kier molecular flexibility index (Phi) is 2.65. The number of nitrogens with zero attached hydrogens (tertiary/aromatic N) is 2. The number of aliphatic hydroxyl groups is 1. The van der Waals surface area contributed by atoms with E-state index in [9.17, 15) is 18.7 Å². The van der Waals surface area contributed by atoms with Crippen LogP contribution >= 0.6 is 0 Å². The third-order valence-electron chi connectivity index (χ3n) is 3.01. The first-order chi connectivity index (χ1) is 7.85. The Labute approximate surface area is 96.4 Å². The quantitative estimate of drug-likeness (QED) is 0.831. The van der Waals surface area contributed by atoms with Gasteiger partial charge in [-0.15, -0.1) is 0 Å². The Balaban J connectivity index is 2.09. The van der Waals surface area contributed by atoms with E-state index in [1.54, 1.807) is 7.05 Å². The SMILES string of the molecule is Cn1ccc(NC(=O)C(F)(F)C2(O)CCC2)n1. The summed E-state index contributed by atoms with van der Waals surface area (Å²) in [5.74, 6) is -5.26. The Bertz CT molecular complexity index is 441. The molecule has 94 valence electrons. The van der Waals surface area contributed by atoms with Gasteiger partial charge in [0.25, 0.3) is 5.91 Å². The van der Waals surface area contributed by atoms with Crippen molar-refractivity contribution in [2.24, 2.45) is 7.05 Å². The second-order valence-corrected chi connectivity index (χ2v) is 4.29. The molecule has 0 atom stereocenters. The van der Waals surface area contributed by atoms with Crippen LogP contribution in [0.2, 0.25) is 0 Å². The Morgan fingerprint density at radius 1 is 1.65 bits per heavy atom. The van der Waals surface area contributed by atoms with E-state index in [0.29, 0.717) is 6.42 Å². The molecule has 0 aliphatic heterocycles. The van der Waals surface area contributed by atoms with Crippen molar-refractivity contribution >= 4 is 11.7 Å². The molecule has 0 unspecified atom stereocenters. The predicted molar refractivity (Wildman–Crippen MR) is 55.6 cm³/mol. The Morgan fingerprint density at radius 2 is 2.29 bits per heavy atom. The van der Waals surface area contributed by atoms with Gasteiger partial charge < -0.3 is 10.4 Å². The molecule has 1 saturated carbocycles. The van der Waals surface area contributed by atoms with Crippen molar-refractivity contribution in [1.29, 1.82) is 0 Å². The van der Waals surface area contributed by atoms with E-state index in [1.165, 1.54) is 16.9 Å². The molecule has 1 aliphatic rings. The van der Waals surface area contributed by atoms with Gasteiger partial charge in [-0.2, -0.15) is 13.9 Å². The summed E-state index contributed by atoms with van der Waals surface area (Å²) in [5, 5.41) is 15.3. The normalized spacial score (nSPS) is 18.6. The van der Waals surface area contributed by atoms with Gasteiger partial charge in [0.05, 0.1) is 0 Å². The number of alkyl halides is 2. The van der Waals surface area contributed by atoms with E-state index in [1.807, 2.05) is 5.32 Å². The van der Waals surface area contributed by atoms with E-state index >= 15 is 0 Å². The van der Waals surface area contributed by atoms with Gasteiger partial charge in [-0.05, 0) is 19.3 Å². The summed E-state index contributed by atoms with van der Waals surface area (Å²) in [6, 6.07) is 1.40. The lowest BCUT2D eigenvalue weighted by atomic mass is 9.75. The van der Waals surface area contributed by atoms with Gasteiger partial charge in [-0.25, -0.2) is 0 Å². The van der Waals surface area contributed by atoms with Crippen molar-refractivity contribution in [2.75, 3.05) is 5.32 Å². The molecule has 1 fully saturated rings. The number of amides is 1. The van der Waals surface area contributed by atoms with Crippen molar-refractivity contribution in [1.82, 2.24) is 9.78 Å². The number of rotatable bonds is 3. The summed E-state index contributed by atoms with van der Waals surface area (Å²) < 4.78 is 28.7. The monoisotopic (exact) mass is 245 g/mol. The third kappa shape index (κ3) is 1.90. The molecule has 0 aromatic carbocycles. The maximum absolute atomic E-state index is 13.6. The minimum Gasteiger partial charge on any atom is -0.383 e. The topological polar surface area (TPSA) is 67.2 Å². The van der Waals surface area contributed by atoms with E-state index < -0.39 is 17.4 Å². The predicted octanol–water partition coefficient (Wildman–Crippen LogP) is 0.909. The van der Waals surface area contributed by atoms with Crippen LogP contribution < -0.4 is 5.32 Å². The fourth-order valence-electron chi connectivity index (χ4n) is 1.71. The van der Waals surface area contributed by atoms with Gasteiger partial charge >= 0.3 is 5.92 Å². The number of anilines is 1. The average molecular weight is 245 g/mol. The van der Waals surface area contributed by atoms with Gasteiger partial charge in [0.15, 0.2) is 5.82 Å². The minimum absolute atomic E-state index is 0.0418. The summed E-state index contributed by atoms with van der Waals surface area (Å²) >= 11 is 0. The van der Waals surface area contributed by atoms with Crippen LogP contribution in [0.1, 0.15) is 19.3 Å². The zero-order chi connectivity index (χ0) is 12.7. The fraction of sp³-hybridized carbons (Fsp3) is 0.600. The first kappa shape index (κ1) is 12.0. The molecule has 7 heteroatoms. The number of hydrogen-bond donors (Lipinski definition) is 2. The smallest absolute Gasteiger partial charge is 0.352 e. The van der Waals surface area contributed by atoms with Gasteiger partial charge in [0.1, 0.15) is 5.60 Å². The van der Waals surface area contributed by atoms with E-state index in [-0.39, 0.29) is 18.7 Å². The molecule has 17 heavy (non-hydrogen) atoms. The van der Waals surface area contributed by atoms with Crippen LogP contribution in [-0.4, -0.2) is 32.3 Å². The molecular formula is C10H13F2N3O2. The second-order valence-electron chi connectivity index (χ2n) is 4.29. The number of carbonyl (C=O) groups is 1. The van der Waals surface area contributed by atoms with Crippen LogP contribution in [0.25, 0.3) is 0 Å². The molecule has 1 heterocycles. The third-order valence-corrected chi connectivity index (χ3v) is 3.01. The molecule has 0 saturated heterocycles. The number of nitrogens with one attached hydrogen (secondary N) is 1. The summed E-state index contributed by atoms with van der Waals surface area (Å²) in [7, 11) is 1.60. The largest absolute Gasteiger partial charge is 0.383 e. The van der Waals surface area contributed by atoms with Crippen molar-refractivity contribution < 1.29 is 18.7 Å². The molecule has 1 amide bonds. The van der Waals surface area contributed by atoms with Crippen LogP contribution in [0.3, 0.4) is 0 Å². The number of halogens is 2. The van der Waals surface area contributed by atoms with E-state index in [4.69, 9.17) is 0 Å². The molecule has 2 N–H and O–H groups in total. The highest BCUT2D eigenvalue weighted by Crippen LogP contribution is 2.44. The summed E-state index contributed by atoms with van der Waals surface area (Å²) in [6.45, 7) is 0. The zero-order valence-electron chi connectivity index (χ0n) is 9.28. The van der Waals surface area contributed by atoms with Gasteiger partial charge in [0, 0.05) is 19.3 Å². The van der Waals surface area contributed by atoms with Crippen LogP contribution in [-0.2, 0) is 11.8 Å². The van der Waals surface area contributed by atoms with Crippen molar-refractivity contribution in [2.45, 2.75) is 30.8 Å². The molecule has 0 radical (unpaired) electrons. The lowest BCUT2D eigenvalue weighted by molar-refractivity contribution is -0.212. The first-order valence-electron chi connectivity index (χ1n) is 5.26. The van der Waals surface area contributed by atoms with Crippen LogP contribution in [0.15, 0.2) is 12.3 Å². The van der Waals surface area contributed by atoms with Gasteiger partial charge in [0.2, 0.25) is 0 Å². The lowest BCUT2D eigenvalue weighted by Crippen LogP contribution is -2.59. The number of carbonyl (C=O) groups excluding carboxylic acids is 1. The molecule has 0 bridgehead atoms. The highest BCUT2D eigenvalue weighted by atomic mass is 19.3. The van der Waals surface area contributed by atoms with Crippen molar-refractivity contribution in [3.05, 3.63) is 12.3 Å². The standard InChI is InChI=1S/C10H13F2N3O2/c1-15-6-3-7(14-15)13-8(16)10(11,12)9(17)4-2-5-9/h3,6,17H,2,4-5H2,1H3,(H,13,14,16). The molecular weight excluding hydrogens is 232 g/mol. The number of hydrogen-bond acceptors (Lipinski definition) is 3. The lowest BCUT2D eigenvalue weighted by Gasteiger charge is -2.41. The Hall–Kier alpha value is -1.50. The summed E-state index contributed by atoms with van der Waals surface area (Å²) in [6.07, 6.45) is 1.90. The molecule has 1 aromatic rings. The molecule has 2 rings (SSSR count). The Morgan fingerprint density at radius 3 is 2.71 bits per heavy atom. The highest BCUT2D eigenvalue weighted by Gasteiger charge is 2.61.